The Morgan fingerprint density at radius 2 is 2.07 bits per heavy atom. The van der Waals surface area contributed by atoms with Crippen LogP contribution in [0.4, 0.5) is 5.69 Å². The summed E-state index contributed by atoms with van der Waals surface area (Å²) in [6.45, 7) is 1.96. The molecule has 1 atom stereocenters. The van der Waals surface area contributed by atoms with E-state index < -0.39 is 0 Å². The Balaban J connectivity index is 1.51. The van der Waals surface area contributed by atoms with Crippen molar-refractivity contribution in [2.45, 2.75) is 12.8 Å². The van der Waals surface area contributed by atoms with Gasteiger partial charge in [0.2, 0.25) is 0 Å². The van der Waals surface area contributed by atoms with Gasteiger partial charge in [0.05, 0.1) is 32.0 Å². The number of anilines is 1. The molecule has 2 heterocycles. The van der Waals surface area contributed by atoms with Crippen molar-refractivity contribution < 1.29 is 14.3 Å². The number of benzene rings is 2. The molecule has 1 fully saturated rings. The molecular formula is C20H20N4O3. The number of nitrogens with zero attached hydrogens (tertiary/aromatic N) is 4. The van der Waals surface area contributed by atoms with Crippen LogP contribution in [0.25, 0.3) is 0 Å². The van der Waals surface area contributed by atoms with Crippen molar-refractivity contribution >= 4 is 11.7 Å². The zero-order valence-corrected chi connectivity index (χ0v) is 15.0. The van der Waals surface area contributed by atoms with Gasteiger partial charge in [-0.25, -0.2) is 9.48 Å². The van der Waals surface area contributed by atoms with Crippen LogP contribution in [0.5, 0.6) is 0 Å². The van der Waals surface area contributed by atoms with Crippen molar-refractivity contribution in [1.29, 1.82) is 0 Å². The summed E-state index contributed by atoms with van der Waals surface area (Å²) in [5.74, 6) is -0.353. The van der Waals surface area contributed by atoms with Crippen molar-refractivity contribution in [3.63, 3.8) is 0 Å². The number of hydrogen-bond acceptors (Lipinski definition) is 6. The molecule has 0 bridgehead atoms. The second kappa shape index (κ2) is 7.59. The zero-order chi connectivity index (χ0) is 18.6. The quantitative estimate of drug-likeness (QED) is 0.648. The standard InChI is InChI=1S/C20H20N4O3/c1-26-20(25)16-7-5-6-15(12-16)13-23-14-18(21-22-23)19-24(10-11-27-19)17-8-3-2-4-9-17/h2-9,12,14,19H,10-11,13H2,1H3/t19-/m0/s1. The molecular weight excluding hydrogens is 344 g/mol. The number of hydrogen-bond donors (Lipinski definition) is 0. The summed E-state index contributed by atoms with van der Waals surface area (Å²) in [7, 11) is 1.37. The summed E-state index contributed by atoms with van der Waals surface area (Å²) in [6, 6.07) is 17.4. The largest absolute Gasteiger partial charge is 0.465 e. The maximum atomic E-state index is 11.7. The van der Waals surface area contributed by atoms with Crippen LogP contribution in [0.1, 0.15) is 27.8 Å². The molecule has 1 aliphatic rings. The van der Waals surface area contributed by atoms with E-state index in [1.165, 1.54) is 7.11 Å². The van der Waals surface area contributed by atoms with E-state index >= 15 is 0 Å². The first-order valence-corrected chi connectivity index (χ1v) is 8.75. The minimum absolute atomic E-state index is 0.248. The summed E-state index contributed by atoms with van der Waals surface area (Å²) >= 11 is 0. The Bertz CT molecular complexity index is 926. The monoisotopic (exact) mass is 364 g/mol. The Kier molecular flexibility index (Phi) is 4.84. The molecule has 1 aliphatic heterocycles. The highest BCUT2D eigenvalue weighted by atomic mass is 16.5. The van der Waals surface area contributed by atoms with E-state index in [4.69, 9.17) is 9.47 Å². The predicted octanol–water partition coefficient (Wildman–Crippen LogP) is 2.65. The van der Waals surface area contributed by atoms with Gasteiger partial charge < -0.3 is 14.4 Å². The number of esters is 1. The van der Waals surface area contributed by atoms with E-state index in [0.29, 0.717) is 18.7 Å². The number of carbonyl (C=O) groups excluding carboxylic acids is 1. The number of ether oxygens (including phenoxy) is 2. The van der Waals surface area contributed by atoms with Gasteiger partial charge in [-0.15, -0.1) is 5.10 Å². The molecule has 1 aromatic heterocycles. The maximum Gasteiger partial charge on any atom is 0.337 e. The van der Waals surface area contributed by atoms with E-state index in [0.717, 1.165) is 23.5 Å². The third-order valence-electron chi connectivity index (χ3n) is 4.48. The lowest BCUT2D eigenvalue weighted by Gasteiger charge is -2.23. The zero-order valence-electron chi connectivity index (χ0n) is 15.0. The lowest BCUT2D eigenvalue weighted by atomic mass is 10.1. The summed E-state index contributed by atoms with van der Waals surface area (Å²) in [6.07, 6.45) is 1.64. The Morgan fingerprint density at radius 1 is 1.22 bits per heavy atom. The molecule has 3 aromatic rings. The number of carbonyl (C=O) groups is 1. The highest BCUT2D eigenvalue weighted by molar-refractivity contribution is 5.89. The summed E-state index contributed by atoms with van der Waals surface area (Å²) in [5.41, 5.74) is 3.33. The van der Waals surface area contributed by atoms with Crippen molar-refractivity contribution in [3.8, 4) is 0 Å². The number of aromatic nitrogens is 3. The summed E-state index contributed by atoms with van der Waals surface area (Å²) in [4.78, 5) is 13.9. The van der Waals surface area contributed by atoms with Crippen molar-refractivity contribution in [3.05, 3.63) is 77.6 Å². The third-order valence-corrected chi connectivity index (χ3v) is 4.48. The van der Waals surface area contributed by atoms with Gasteiger partial charge in [0.1, 0.15) is 5.69 Å². The molecule has 27 heavy (non-hydrogen) atoms. The Labute approximate surface area is 157 Å². The van der Waals surface area contributed by atoms with Gasteiger partial charge >= 0.3 is 5.97 Å². The average Bonchev–Trinajstić information content (AvgIpc) is 3.37. The smallest absolute Gasteiger partial charge is 0.337 e. The molecule has 0 aliphatic carbocycles. The van der Waals surface area contributed by atoms with Crippen molar-refractivity contribution in [2.75, 3.05) is 25.2 Å². The molecule has 0 radical (unpaired) electrons. The topological polar surface area (TPSA) is 69.5 Å². The number of methoxy groups -OCH3 is 1. The van der Waals surface area contributed by atoms with Gasteiger partial charge in [-0.05, 0) is 29.8 Å². The molecule has 0 N–H and O–H groups in total. The number of rotatable bonds is 5. The van der Waals surface area contributed by atoms with Crippen molar-refractivity contribution in [1.82, 2.24) is 15.0 Å². The second-order valence-electron chi connectivity index (χ2n) is 6.29. The molecule has 1 saturated heterocycles. The molecule has 7 nitrogen and oxygen atoms in total. The first kappa shape index (κ1) is 17.2. The fourth-order valence-corrected chi connectivity index (χ4v) is 3.20. The molecule has 2 aromatic carbocycles. The lowest BCUT2D eigenvalue weighted by molar-refractivity contribution is 0.0600. The number of para-hydroxylation sites is 1. The highest BCUT2D eigenvalue weighted by Gasteiger charge is 2.29. The molecule has 0 unspecified atom stereocenters. The Hall–Kier alpha value is -3.19. The van der Waals surface area contributed by atoms with E-state index in [2.05, 4.69) is 27.3 Å². The fourth-order valence-electron chi connectivity index (χ4n) is 3.20. The first-order chi connectivity index (χ1) is 13.2. The minimum Gasteiger partial charge on any atom is -0.465 e. The highest BCUT2D eigenvalue weighted by Crippen LogP contribution is 2.30. The van der Waals surface area contributed by atoms with E-state index in [9.17, 15) is 4.79 Å². The molecule has 4 rings (SSSR count). The van der Waals surface area contributed by atoms with E-state index in [1.54, 1.807) is 16.8 Å². The van der Waals surface area contributed by atoms with Gasteiger partial charge in [0.25, 0.3) is 0 Å². The van der Waals surface area contributed by atoms with Crippen LogP contribution in [0.15, 0.2) is 60.8 Å². The molecule has 138 valence electrons. The minimum atomic E-state index is -0.353. The van der Waals surface area contributed by atoms with Crippen LogP contribution in [0.2, 0.25) is 0 Å². The molecule has 7 heteroatoms. The van der Waals surface area contributed by atoms with Crippen LogP contribution in [0.3, 0.4) is 0 Å². The molecule has 0 saturated carbocycles. The normalized spacial score (nSPS) is 16.5. The van der Waals surface area contributed by atoms with E-state index in [-0.39, 0.29) is 12.2 Å². The second-order valence-corrected chi connectivity index (χ2v) is 6.29. The van der Waals surface area contributed by atoms with E-state index in [1.807, 2.05) is 36.5 Å². The summed E-state index contributed by atoms with van der Waals surface area (Å²) in [5, 5.41) is 8.52. The first-order valence-electron chi connectivity index (χ1n) is 8.75. The maximum absolute atomic E-state index is 11.7. The average molecular weight is 364 g/mol. The summed E-state index contributed by atoms with van der Waals surface area (Å²) < 4.78 is 12.4. The van der Waals surface area contributed by atoms with Crippen LogP contribution in [0, 0.1) is 0 Å². The molecule has 0 amide bonds. The Morgan fingerprint density at radius 3 is 2.89 bits per heavy atom. The third kappa shape index (κ3) is 3.68. The lowest BCUT2D eigenvalue weighted by Crippen LogP contribution is -2.23. The van der Waals surface area contributed by atoms with Crippen molar-refractivity contribution in [2.24, 2.45) is 0 Å². The van der Waals surface area contributed by atoms with Gasteiger partial charge in [0, 0.05) is 12.2 Å². The van der Waals surface area contributed by atoms with Crippen LogP contribution in [-0.4, -0.2) is 41.2 Å². The van der Waals surface area contributed by atoms with Gasteiger partial charge in [0.15, 0.2) is 6.23 Å². The fraction of sp³-hybridized carbons (Fsp3) is 0.250. The predicted molar refractivity (Wildman–Crippen MR) is 99.4 cm³/mol. The van der Waals surface area contributed by atoms with Crippen LogP contribution in [-0.2, 0) is 16.0 Å². The van der Waals surface area contributed by atoms with Gasteiger partial charge in [-0.1, -0.05) is 35.5 Å². The van der Waals surface area contributed by atoms with Gasteiger partial charge in [-0.3, -0.25) is 0 Å². The van der Waals surface area contributed by atoms with Crippen LogP contribution < -0.4 is 4.90 Å². The van der Waals surface area contributed by atoms with Gasteiger partial charge in [-0.2, -0.15) is 0 Å². The molecule has 0 spiro atoms. The SMILES string of the molecule is COC(=O)c1cccc(Cn2cc([C@@H]3OCCN3c3ccccc3)nn2)c1. The van der Waals surface area contributed by atoms with Crippen LogP contribution >= 0.6 is 0 Å².